The Morgan fingerprint density at radius 1 is 1.27 bits per heavy atom. The molecule has 86 valence electrons. The molecule has 0 aromatic heterocycles. The van der Waals surface area contributed by atoms with Crippen LogP contribution in [0.2, 0.25) is 0 Å². The molecule has 0 radical (unpaired) electrons. The van der Waals surface area contributed by atoms with Crippen molar-refractivity contribution in [3.8, 4) is 0 Å². The topological polar surface area (TPSA) is 0 Å². The molecule has 0 bridgehead atoms. The second kappa shape index (κ2) is 4.55. The van der Waals surface area contributed by atoms with Crippen molar-refractivity contribution < 1.29 is 0 Å². The Hall–Kier alpha value is -0.520. The number of rotatable bonds is 4. The average molecular weight is 206 g/mol. The first-order valence-corrected chi connectivity index (χ1v) is 6.39. The van der Waals surface area contributed by atoms with Crippen molar-refractivity contribution in [1.82, 2.24) is 0 Å². The standard InChI is InChI=1S/C15H26/c1-7-15(8-2,11(3)4)14-10-9-12(5)13(14)6/h9-12H,7-8H2,1-6H3. The normalized spacial score (nSPS) is 21.9. The van der Waals surface area contributed by atoms with Gasteiger partial charge in [0.05, 0.1) is 0 Å². The van der Waals surface area contributed by atoms with Gasteiger partial charge in [0.1, 0.15) is 0 Å². The minimum atomic E-state index is 0.408. The van der Waals surface area contributed by atoms with E-state index >= 15 is 0 Å². The van der Waals surface area contributed by atoms with Crippen LogP contribution < -0.4 is 0 Å². The molecule has 0 amide bonds. The third kappa shape index (κ3) is 1.91. The van der Waals surface area contributed by atoms with E-state index in [1.807, 2.05) is 0 Å². The van der Waals surface area contributed by atoms with E-state index in [1.54, 1.807) is 11.1 Å². The van der Waals surface area contributed by atoms with E-state index in [9.17, 15) is 0 Å². The van der Waals surface area contributed by atoms with Crippen LogP contribution in [0.5, 0.6) is 0 Å². The summed E-state index contributed by atoms with van der Waals surface area (Å²) in [5.74, 6) is 1.38. The van der Waals surface area contributed by atoms with E-state index < -0.39 is 0 Å². The Balaban J connectivity index is 3.16. The summed E-state index contributed by atoms with van der Waals surface area (Å²) in [6, 6.07) is 0. The fourth-order valence-corrected chi connectivity index (χ4v) is 3.08. The van der Waals surface area contributed by atoms with Crippen LogP contribution in [-0.4, -0.2) is 0 Å². The van der Waals surface area contributed by atoms with Crippen LogP contribution >= 0.6 is 0 Å². The van der Waals surface area contributed by atoms with Crippen molar-refractivity contribution in [3.63, 3.8) is 0 Å². The molecule has 0 fully saturated rings. The highest BCUT2D eigenvalue weighted by atomic mass is 14.4. The lowest BCUT2D eigenvalue weighted by molar-refractivity contribution is 0.229. The highest BCUT2D eigenvalue weighted by Gasteiger charge is 2.35. The van der Waals surface area contributed by atoms with E-state index in [1.165, 1.54) is 12.8 Å². The van der Waals surface area contributed by atoms with Crippen molar-refractivity contribution in [2.45, 2.75) is 54.4 Å². The molecule has 1 rings (SSSR count). The fraction of sp³-hybridized carbons (Fsp3) is 0.733. The van der Waals surface area contributed by atoms with Crippen LogP contribution in [0.3, 0.4) is 0 Å². The molecule has 1 aliphatic rings. The lowest BCUT2D eigenvalue weighted by atomic mass is 9.66. The second-order valence-corrected chi connectivity index (χ2v) is 5.26. The molecule has 1 aliphatic carbocycles. The first-order valence-electron chi connectivity index (χ1n) is 6.39. The summed E-state index contributed by atoms with van der Waals surface area (Å²) >= 11 is 0. The third-order valence-corrected chi connectivity index (χ3v) is 4.56. The minimum absolute atomic E-state index is 0.408. The fourth-order valence-electron chi connectivity index (χ4n) is 3.08. The third-order valence-electron chi connectivity index (χ3n) is 4.56. The van der Waals surface area contributed by atoms with Gasteiger partial charge in [0, 0.05) is 0 Å². The van der Waals surface area contributed by atoms with Crippen molar-refractivity contribution in [2.24, 2.45) is 17.3 Å². The van der Waals surface area contributed by atoms with Crippen LogP contribution in [0.15, 0.2) is 23.3 Å². The summed E-state index contributed by atoms with van der Waals surface area (Å²) in [6.07, 6.45) is 7.25. The average Bonchev–Trinajstić information content (AvgIpc) is 2.52. The molecule has 1 unspecified atom stereocenters. The molecule has 0 aromatic rings. The molecule has 0 aromatic carbocycles. The van der Waals surface area contributed by atoms with Crippen LogP contribution in [0.1, 0.15) is 54.4 Å². The van der Waals surface area contributed by atoms with E-state index in [-0.39, 0.29) is 0 Å². The molecule has 0 N–H and O–H groups in total. The molecular weight excluding hydrogens is 180 g/mol. The zero-order valence-electron chi connectivity index (χ0n) is 11.2. The van der Waals surface area contributed by atoms with Gasteiger partial charge in [-0.05, 0) is 42.6 Å². The van der Waals surface area contributed by atoms with Crippen LogP contribution in [-0.2, 0) is 0 Å². The quantitative estimate of drug-likeness (QED) is 0.609. The maximum absolute atomic E-state index is 2.38. The molecule has 15 heavy (non-hydrogen) atoms. The predicted molar refractivity (Wildman–Crippen MR) is 68.9 cm³/mol. The van der Waals surface area contributed by atoms with Gasteiger partial charge in [0.2, 0.25) is 0 Å². The van der Waals surface area contributed by atoms with Crippen LogP contribution in [0.4, 0.5) is 0 Å². The van der Waals surface area contributed by atoms with Gasteiger partial charge in [-0.1, -0.05) is 52.3 Å². The van der Waals surface area contributed by atoms with Crippen LogP contribution in [0.25, 0.3) is 0 Å². The van der Waals surface area contributed by atoms with E-state index in [0.717, 1.165) is 5.92 Å². The second-order valence-electron chi connectivity index (χ2n) is 5.26. The molecule has 0 aliphatic heterocycles. The Morgan fingerprint density at radius 2 is 1.80 bits per heavy atom. The Morgan fingerprint density at radius 3 is 2.07 bits per heavy atom. The van der Waals surface area contributed by atoms with E-state index in [2.05, 4.69) is 53.7 Å². The summed E-state index contributed by atoms with van der Waals surface area (Å²) in [6.45, 7) is 14.0. The van der Waals surface area contributed by atoms with Gasteiger partial charge in [-0.2, -0.15) is 0 Å². The Bertz CT molecular complexity index is 274. The summed E-state index contributed by atoms with van der Waals surface area (Å²) in [7, 11) is 0. The summed E-state index contributed by atoms with van der Waals surface area (Å²) in [5, 5.41) is 0. The van der Waals surface area contributed by atoms with Crippen molar-refractivity contribution in [1.29, 1.82) is 0 Å². The van der Waals surface area contributed by atoms with Crippen molar-refractivity contribution >= 4 is 0 Å². The first kappa shape index (κ1) is 12.5. The molecule has 1 atom stereocenters. The van der Waals surface area contributed by atoms with Crippen molar-refractivity contribution in [3.05, 3.63) is 23.3 Å². The van der Waals surface area contributed by atoms with Gasteiger partial charge in [-0.25, -0.2) is 0 Å². The van der Waals surface area contributed by atoms with Crippen molar-refractivity contribution in [2.75, 3.05) is 0 Å². The van der Waals surface area contributed by atoms with Gasteiger partial charge >= 0.3 is 0 Å². The zero-order chi connectivity index (χ0) is 11.6. The summed E-state index contributed by atoms with van der Waals surface area (Å²) < 4.78 is 0. The molecule has 0 saturated heterocycles. The predicted octanol–water partition coefficient (Wildman–Crippen LogP) is 4.97. The lowest BCUT2D eigenvalue weighted by Gasteiger charge is -2.38. The van der Waals surface area contributed by atoms with Crippen LogP contribution in [0, 0.1) is 17.3 Å². The van der Waals surface area contributed by atoms with Gasteiger partial charge in [0.25, 0.3) is 0 Å². The lowest BCUT2D eigenvalue weighted by Crippen LogP contribution is -2.28. The number of hydrogen-bond donors (Lipinski definition) is 0. The molecular formula is C15H26. The maximum atomic E-state index is 2.38. The van der Waals surface area contributed by atoms with E-state index in [4.69, 9.17) is 0 Å². The first-order chi connectivity index (χ1) is 6.99. The summed E-state index contributed by atoms with van der Waals surface area (Å²) in [4.78, 5) is 0. The molecule has 0 heterocycles. The maximum Gasteiger partial charge on any atom is -0.00297 e. The molecule has 0 heteroatoms. The largest absolute Gasteiger partial charge is 0.0773 e. The van der Waals surface area contributed by atoms with Gasteiger partial charge < -0.3 is 0 Å². The monoisotopic (exact) mass is 206 g/mol. The number of hydrogen-bond acceptors (Lipinski definition) is 0. The smallest absolute Gasteiger partial charge is 0.00297 e. The molecule has 0 nitrogen and oxygen atoms in total. The number of allylic oxidation sites excluding steroid dienone is 4. The zero-order valence-corrected chi connectivity index (χ0v) is 11.2. The highest BCUT2D eigenvalue weighted by Crippen LogP contribution is 2.47. The Labute approximate surface area is 95.5 Å². The molecule has 0 spiro atoms. The van der Waals surface area contributed by atoms with Gasteiger partial charge in [-0.3, -0.25) is 0 Å². The molecule has 0 saturated carbocycles. The van der Waals surface area contributed by atoms with Gasteiger partial charge in [-0.15, -0.1) is 0 Å². The summed E-state index contributed by atoms with van der Waals surface area (Å²) in [5.41, 5.74) is 3.62. The van der Waals surface area contributed by atoms with E-state index in [0.29, 0.717) is 11.3 Å². The SMILES string of the molecule is CCC(CC)(C1=C(C)C(C)C=C1)C(C)C. The Kier molecular flexibility index (Phi) is 3.81. The van der Waals surface area contributed by atoms with Gasteiger partial charge in [0.15, 0.2) is 0 Å². The minimum Gasteiger partial charge on any atom is -0.0773 e. The highest BCUT2D eigenvalue weighted by molar-refractivity contribution is 5.40.